The SMILES string of the molecule is O=C(CN(Cc1ccccc1)CC1CCCO1)Nc1cccc(Cl)c1Cl. The number of nitrogens with one attached hydrogen (secondary N) is 1. The van der Waals surface area contributed by atoms with Crippen molar-refractivity contribution in [2.45, 2.75) is 25.5 Å². The molecule has 0 bridgehead atoms. The van der Waals surface area contributed by atoms with Crippen LogP contribution in [-0.2, 0) is 16.1 Å². The van der Waals surface area contributed by atoms with E-state index in [-0.39, 0.29) is 18.6 Å². The minimum Gasteiger partial charge on any atom is -0.377 e. The maximum Gasteiger partial charge on any atom is 0.238 e. The van der Waals surface area contributed by atoms with Crippen molar-refractivity contribution in [3.05, 3.63) is 64.1 Å². The summed E-state index contributed by atoms with van der Waals surface area (Å²) in [6, 6.07) is 15.3. The predicted molar refractivity (Wildman–Crippen MR) is 106 cm³/mol. The molecule has 1 unspecified atom stereocenters. The van der Waals surface area contributed by atoms with E-state index >= 15 is 0 Å². The van der Waals surface area contributed by atoms with Gasteiger partial charge in [0.25, 0.3) is 0 Å². The Hall–Kier alpha value is -1.59. The van der Waals surface area contributed by atoms with Gasteiger partial charge in [0, 0.05) is 19.7 Å². The van der Waals surface area contributed by atoms with E-state index in [2.05, 4.69) is 22.3 Å². The fourth-order valence-corrected chi connectivity index (χ4v) is 3.44. The lowest BCUT2D eigenvalue weighted by Gasteiger charge is -2.25. The molecule has 1 amide bonds. The number of nitrogens with zero attached hydrogens (tertiary/aromatic N) is 1. The molecule has 0 aliphatic carbocycles. The van der Waals surface area contributed by atoms with E-state index < -0.39 is 0 Å². The highest BCUT2D eigenvalue weighted by Gasteiger charge is 2.21. The molecule has 0 aromatic heterocycles. The van der Waals surface area contributed by atoms with E-state index in [1.807, 2.05) is 18.2 Å². The minimum atomic E-state index is -0.122. The number of rotatable bonds is 7. The van der Waals surface area contributed by atoms with Gasteiger partial charge in [0.15, 0.2) is 0 Å². The van der Waals surface area contributed by atoms with E-state index in [1.54, 1.807) is 18.2 Å². The molecule has 0 radical (unpaired) electrons. The van der Waals surface area contributed by atoms with E-state index in [4.69, 9.17) is 27.9 Å². The van der Waals surface area contributed by atoms with Gasteiger partial charge in [-0.1, -0.05) is 59.6 Å². The molecular formula is C20H22Cl2N2O2. The quantitative estimate of drug-likeness (QED) is 0.747. The molecule has 2 aromatic carbocycles. The third kappa shape index (κ3) is 5.45. The Morgan fingerprint density at radius 1 is 1.15 bits per heavy atom. The second kappa shape index (κ2) is 9.38. The molecule has 6 heteroatoms. The van der Waals surface area contributed by atoms with Crippen LogP contribution in [0.15, 0.2) is 48.5 Å². The van der Waals surface area contributed by atoms with Crippen molar-refractivity contribution in [1.29, 1.82) is 0 Å². The number of hydrogen-bond acceptors (Lipinski definition) is 3. The molecule has 4 nitrogen and oxygen atoms in total. The largest absolute Gasteiger partial charge is 0.377 e. The number of carbonyl (C=O) groups excluding carboxylic acids is 1. The van der Waals surface area contributed by atoms with Gasteiger partial charge in [-0.2, -0.15) is 0 Å². The number of amides is 1. The van der Waals surface area contributed by atoms with Crippen LogP contribution in [0.5, 0.6) is 0 Å². The maximum atomic E-state index is 12.6. The van der Waals surface area contributed by atoms with Crippen molar-refractivity contribution >= 4 is 34.8 Å². The van der Waals surface area contributed by atoms with Gasteiger partial charge >= 0.3 is 0 Å². The van der Waals surface area contributed by atoms with Crippen LogP contribution in [0.4, 0.5) is 5.69 Å². The lowest BCUT2D eigenvalue weighted by molar-refractivity contribution is -0.117. The maximum absolute atomic E-state index is 12.6. The predicted octanol–water partition coefficient (Wildman–Crippen LogP) is 4.61. The molecule has 3 rings (SSSR count). The summed E-state index contributed by atoms with van der Waals surface area (Å²) in [5.41, 5.74) is 1.69. The van der Waals surface area contributed by atoms with Crippen LogP contribution in [0, 0.1) is 0 Å². The van der Waals surface area contributed by atoms with Gasteiger partial charge in [-0.15, -0.1) is 0 Å². The average Bonchev–Trinajstić information content (AvgIpc) is 3.13. The Balaban J connectivity index is 1.65. The molecule has 1 fully saturated rings. The average molecular weight is 393 g/mol. The lowest BCUT2D eigenvalue weighted by atomic mass is 10.2. The number of hydrogen-bond donors (Lipinski definition) is 1. The third-order valence-electron chi connectivity index (χ3n) is 4.33. The van der Waals surface area contributed by atoms with E-state index in [0.717, 1.165) is 26.0 Å². The first-order chi connectivity index (χ1) is 12.6. The van der Waals surface area contributed by atoms with Gasteiger partial charge in [-0.3, -0.25) is 9.69 Å². The van der Waals surface area contributed by atoms with Crippen molar-refractivity contribution in [2.24, 2.45) is 0 Å². The van der Waals surface area contributed by atoms with Crippen LogP contribution in [0.1, 0.15) is 18.4 Å². The van der Waals surface area contributed by atoms with Crippen LogP contribution < -0.4 is 5.32 Å². The molecule has 1 aliphatic rings. The summed E-state index contributed by atoms with van der Waals surface area (Å²) >= 11 is 12.2. The lowest BCUT2D eigenvalue weighted by Crippen LogP contribution is -2.38. The number of anilines is 1. The summed E-state index contributed by atoms with van der Waals surface area (Å²) in [4.78, 5) is 14.7. The summed E-state index contributed by atoms with van der Waals surface area (Å²) in [7, 11) is 0. The van der Waals surface area contributed by atoms with Gasteiger partial charge in [0.2, 0.25) is 5.91 Å². The molecule has 0 saturated carbocycles. The first kappa shape index (κ1) is 19.2. The zero-order valence-electron chi connectivity index (χ0n) is 14.5. The van der Waals surface area contributed by atoms with Crippen LogP contribution in [0.2, 0.25) is 10.0 Å². The fraction of sp³-hybridized carbons (Fsp3) is 0.350. The summed E-state index contributed by atoms with van der Waals surface area (Å²) in [6.45, 7) is 2.48. The van der Waals surface area contributed by atoms with Crippen LogP contribution in [0.25, 0.3) is 0 Å². The first-order valence-electron chi connectivity index (χ1n) is 8.73. The Bertz CT molecular complexity index is 734. The normalized spacial score (nSPS) is 16.8. The molecule has 1 aliphatic heterocycles. The smallest absolute Gasteiger partial charge is 0.238 e. The highest BCUT2D eigenvalue weighted by molar-refractivity contribution is 6.43. The summed E-state index contributed by atoms with van der Waals surface area (Å²) in [5.74, 6) is -0.122. The Morgan fingerprint density at radius 3 is 2.69 bits per heavy atom. The third-order valence-corrected chi connectivity index (χ3v) is 5.15. The standard InChI is InChI=1S/C20H22Cl2N2O2/c21-17-9-4-10-18(20(17)22)23-19(25)14-24(13-16-8-5-11-26-16)12-15-6-2-1-3-7-15/h1-4,6-7,9-10,16H,5,8,11-14H2,(H,23,25). The first-order valence-corrected chi connectivity index (χ1v) is 9.49. The number of ether oxygens (including phenoxy) is 1. The Kier molecular flexibility index (Phi) is 6.92. The van der Waals surface area contributed by atoms with Crippen molar-refractivity contribution in [3.8, 4) is 0 Å². The Morgan fingerprint density at radius 2 is 1.96 bits per heavy atom. The summed E-state index contributed by atoms with van der Waals surface area (Å²) in [5, 5.41) is 3.63. The molecule has 26 heavy (non-hydrogen) atoms. The van der Waals surface area contributed by atoms with Crippen LogP contribution >= 0.6 is 23.2 Å². The fourth-order valence-electron chi connectivity index (χ4n) is 3.10. The highest BCUT2D eigenvalue weighted by Crippen LogP contribution is 2.29. The highest BCUT2D eigenvalue weighted by atomic mass is 35.5. The van der Waals surface area contributed by atoms with Gasteiger partial charge in [0.1, 0.15) is 0 Å². The second-order valence-corrected chi connectivity index (χ2v) is 7.22. The number of benzene rings is 2. The van der Waals surface area contributed by atoms with Gasteiger partial charge in [-0.05, 0) is 30.5 Å². The molecule has 1 atom stereocenters. The Labute approximate surface area is 164 Å². The van der Waals surface area contributed by atoms with Crippen molar-refractivity contribution < 1.29 is 9.53 Å². The molecule has 2 aromatic rings. The molecule has 138 valence electrons. The van der Waals surface area contributed by atoms with E-state index in [0.29, 0.717) is 22.3 Å². The molecule has 1 N–H and O–H groups in total. The van der Waals surface area contributed by atoms with Crippen molar-refractivity contribution in [3.63, 3.8) is 0 Å². The zero-order valence-corrected chi connectivity index (χ0v) is 16.0. The molecule has 1 saturated heterocycles. The molecular weight excluding hydrogens is 371 g/mol. The topological polar surface area (TPSA) is 41.6 Å². The minimum absolute atomic E-state index is 0.122. The molecule has 0 spiro atoms. The zero-order chi connectivity index (χ0) is 18.4. The number of halogens is 2. The van der Waals surface area contributed by atoms with Gasteiger partial charge in [-0.25, -0.2) is 0 Å². The second-order valence-electron chi connectivity index (χ2n) is 6.44. The van der Waals surface area contributed by atoms with Gasteiger partial charge in [0.05, 0.1) is 28.4 Å². The van der Waals surface area contributed by atoms with Crippen LogP contribution in [-0.4, -0.2) is 36.6 Å². The van der Waals surface area contributed by atoms with E-state index in [1.165, 1.54) is 5.56 Å². The van der Waals surface area contributed by atoms with Crippen molar-refractivity contribution in [1.82, 2.24) is 4.90 Å². The van der Waals surface area contributed by atoms with Crippen molar-refractivity contribution in [2.75, 3.05) is 25.0 Å². The number of carbonyl (C=O) groups is 1. The van der Waals surface area contributed by atoms with Gasteiger partial charge < -0.3 is 10.1 Å². The van der Waals surface area contributed by atoms with E-state index in [9.17, 15) is 4.79 Å². The monoisotopic (exact) mass is 392 g/mol. The van der Waals surface area contributed by atoms with Crippen LogP contribution in [0.3, 0.4) is 0 Å². The molecule has 1 heterocycles. The summed E-state index contributed by atoms with van der Waals surface area (Å²) < 4.78 is 5.74. The summed E-state index contributed by atoms with van der Waals surface area (Å²) in [6.07, 6.45) is 2.29.